The molecule has 1 aromatic heterocycles. The lowest BCUT2D eigenvalue weighted by molar-refractivity contribution is 0.765. The van der Waals surface area contributed by atoms with Crippen molar-refractivity contribution < 1.29 is 0 Å². The summed E-state index contributed by atoms with van der Waals surface area (Å²) in [6.45, 7) is 1.95. The molecule has 0 spiro atoms. The monoisotopic (exact) mass is 239 g/mol. The number of aromatic nitrogens is 1. The van der Waals surface area contributed by atoms with Gasteiger partial charge >= 0.3 is 0 Å². The minimum Gasteiger partial charge on any atom is -0.382 e. The van der Waals surface area contributed by atoms with Crippen LogP contribution in [0.5, 0.6) is 0 Å². The largest absolute Gasteiger partial charge is 0.382 e. The summed E-state index contributed by atoms with van der Waals surface area (Å²) in [5, 5.41) is 0. The summed E-state index contributed by atoms with van der Waals surface area (Å²) < 4.78 is 0. The molecule has 1 aromatic carbocycles. The zero-order chi connectivity index (χ0) is 12.4. The van der Waals surface area contributed by atoms with Crippen LogP contribution in [-0.4, -0.2) is 11.5 Å². The molecule has 18 heavy (non-hydrogen) atoms. The van der Waals surface area contributed by atoms with Crippen molar-refractivity contribution in [3.63, 3.8) is 0 Å². The smallest absolute Gasteiger partial charge is 0.146 e. The molecular weight excluding hydrogens is 222 g/mol. The van der Waals surface area contributed by atoms with Crippen LogP contribution in [0.25, 0.3) is 0 Å². The van der Waals surface area contributed by atoms with Gasteiger partial charge in [0, 0.05) is 19.3 Å². The van der Waals surface area contributed by atoms with Crippen LogP contribution >= 0.6 is 0 Å². The molecule has 3 rings (SSSR count). The van der Waals surface area contributed by atoms with Crippen LogP contribution in [0.3, 0.4) is 0 Å². The molecule has 0 fully saturated rings. The van der Waals surface area contributed by atoms with E-state index in [-0.39, 0.29) is 0 Å². The van der Waals surface area contributed by atoms with Crippen molar-refractivity contribution in [3.05, 3.63) is 53.7 Å². The van der Waals surface area contributed by atoms with E-state index in [0.717, 1.165) is 31.6 Å². The molecule has 0 saturated carbocycles. The second-order valence-electron chi connectivity index (χ2n) is 4.70. The molecule has 92 valence electrons. The third kappa shape index (κ3) is 2.04. The average Bonchev–Trinajstić information content (AvgIpc) is 2.61. The van der Waals surface area contributed by atoms with Gasteiger partial charge in [0.2, 0.25) is 0 Å². The quantitative estimate of drug-likeness (QED) is 0.831. The highest BCUT2D eigenvalue weighted by atomic mass is 15.1. The Hall–Kier alpha value is -2.03. The number of hydrogen-bond acceptors (Lipinski definition) is 3. The first kappa shape index (κ1) is 11.1. The van der Waals surface area contributed by atoms with Crippen LogP contribution in [0.4, 0.5) is 11.5 Å². The Kier molecular flexibility index (Phi) is 2.89. The van der Waals surface area contributed by atoms with Gasteiger partial charge in [-0.15, -0.1) is 0 Å². The highest BCUT2D eigenvalue weighted by Crippen LogP contribution is 2.26. The van der Waals surface area contributed by atoms with Crippen molar-refractivity contribution in [3.8, 4) is 0 Å². The summed E-state index contributed by atoms with van der Waals surface area (Å²) in [5.74, 6) is 0.622. The number of rotatable bonds is 1. The molecule has 0 unspecified atom stereocenters. The molecule has 0 bridgehead atoms. The average molecular weight is 239 g/mol. The lowest BCUT2D eigenvalue weighted by Crippen LogP contribution is -2.23. The summed E-state index contributed by atoms with van der Waals surface area (Å²) in [6.07, 6.45) is 4.04. The Morgan fingerprint density at radius 3 is 2.72 bits per heavy atom. The Morgan fingerprint density at radius 1 is 1.06 bits per heavy atom. The molecule has 0 radical (unpaired) electrons. The van der Waals surface area contributed by atoms with Crippen molar-refractivity contribution in [1.29, 1.82) is 0 Å². The van der Waals surface area contributed by atoms with Gasteiger partial charge in [0.15, 0.2) is 0 Å². The molecule has 1 aliphatic heterocycles. The maximum atomic E-state index is 5.97. The zero-order valence-corrected chi connectivity index (χ0v) is 10.3. The van der Waals surface area contributed by atoms with Gasteiger partial charge in [0.1, 0.15) is 5.82 Å². The molecule has 3 heteroatoms. The van der Waals surface area contributed by atoms with E-state index in [1.54, 1.807) is 6.20 Å². The minimum atomic E-state index is 0.622. The highest BCUT2D eigenvalue weighted by molar-refractivity contribution is 5.63. The first-order chi connectivity index (χ1) is 8.84. The second kappa shape index (κ2) is 4.69. The molecule has 3 nitrogen and oxygen atoms in total. The molecule has 0 atom stereocenters. The van der Waals surface area contributed by atoms with Crippen LogP contribution in [-0.2, 0) is 13.0 Å². The summed E-state index contributed by atoms with van der Waals surface area (Å²) in [4.78, 5) is 6.50. The second-order valence-corrected chi connectivity index (χ2v) is 4.70. The normalized spacial score (nSPS) is 15.0. The Morgan fingerprint density at radius 2 is 1.89 bits per heavy atom. The van der Waals surface area contributed by atoms with E-state index in [1.807, 2.05) is 6.07 Å². The maximum Gasteiger partial charge on any atom is 0.146 e. The third-order valence-electron chi connectivity index (χ3n) is 3.51. The molecule has 0 saturated heterocycles. The van der Waals surface area contributed by atoms with Crippen molar-refractivity contribution in [1.82, 2.24) is 4.98 Å². The summed E-state index contributed by atoms with van der Waals surface area (Å²) in [7, 11) is 0. The lowest BCUT2D eigenvalue weighted by atomic mass is 10.0. The Balaban J connectivity index is 1.94. The van der Waals surface area contributed by atoms with Crippen LogP contribution < -0.4 is 10.6 Å². The molecular formula is C15H17N3. The fourth-order valence-electron chi connectivity index (χ4n) is 2.58. The standard InChI is InChI=1S/C15H17N3/c16-15-14(8-3-9-17-15)18-10-4-7-12-5-1-2-6-13(12)11-18/h1-3,5-6,8-9H,4,7,10-11H2,(H2,16,17). The first-order valence-electron chi connectivity index (χ1n) is 6.37. The summed E-state index contributed by atoms with van der Waals surface area (Å²) in [6, 6.07) is 12.7. The van der Waals surface area contributed by atoms with Crippen LogP contribution in [0.1, 0.15) is 17.5 Å². The number of pyridine rings is 1. The number of aryl methyl sites for hydroxylation is 1. The molecule has 0 aliphatic carbocycles. The molecule has 0 amide bonds. The number of nitrogen functional groups attached to an aromatic ring is 1. The molecule has 2 heterocycles. The SMILES string of the molecule is Nc1ncccc1N1CCCc2ccccc2C1. The van der Waals surface area contributed by atoms with Gasteiger partial charge in [0.25, 0.3) is 0 Å². The predicted octanol–water partition coefficient (Wildman–Crippen LogP) is 2.62. The Bertz CT molecular complexity index is 551. The van der Waals surface area contributed by atoms with Crippen LogP contribution in [0.2, 0.25) is 0 Å². The van der Waals surface area contributed by atoms with Gasteiger partial charge in [0.05, 0.1) is 5.69 Å². The number of nitrogens with zero attached hydrogens (tertiary/aromatic N) is 2. The van der Waals surface area contributed by atoms with E-state index in [2.05, 4.69) is 40.2 Å². The number of hydrogen-bond donors (Lipinski definition) is 1. The van der Waals surface area contributed by atoms with Crippen LogP contribution in [0, 0.1) is 0 Å². The van der Waals surface area contributed by atoms with E-state index in [1.165, 1.54) is 11.1 Å². The minimum absolute atomic E-state index is 0.622. The van der Waals surface area contributed by atoms with Crippen LogP contribution in [0.15, 0.2) is 42.6 Å². The van der Waals surface area contributed by atoms with Gasteiger partial charge in [-0.05, 0) is 36.1 Å². The van der Waals surface area contributed by atoms with Gasteiger partial charge in [-0.3, -0.25) is 0 Å². The lowest BCUT2D eigenvalue weighted by Gasteiger charge is -2.23. The van der Waals surface area contributed by atoms with E-state index >= 15 is 0 Å². The topological polar surface area (TPSA) is 42.1 Å². The predicted molar refractivity (Wildman–Crippen MR) is 74.5 cm³/mol. The first-order valence-corrected chi connectivity index (χ1v) is 6.37. The van der Waals surface area contributed by atoms with E-state index in [4.69, 9.17) is 5.73 Å². The van der Waals surface area contributed by atoms with Crippen molar-refractivity contribution in [2.75, 3.05) is 17.2 Å². The van der Waals surface area contributed by atoms with Gasteiger partial charge in [-0.1, -0.05) is 24.3 Å². The van der Waals surface area contributed by atoms with E-state index in [9.17, 15) is 0 Å². The number of anilines is 2. The number of benzene rings is 1. The third-order valence-corrected chi connectivity index (χ3v) is 3.51. The zero-order valence-electron chi connectivity index (χ0n) is 10.3. The number of fused-ring (bicyclic) bond motifs is 1. The van der Waals surface area contributed by atoms with Crippen molar-refractivity contribution in [2.24, 2.45) is 0 Å². The van der Waals surface area contributed by atoms with Crippen molar-refractivity contribution >= 4 is 11.5 Å². The number of nitrogens with two attached hydrogens (primary N) is 1. The summed E-state index contributed by atoms with van der Waals surface area (Å²) in [5.41, 5.74) is 9.88. The fourth-order valence-corrected chi connectivity index (χ4v) is 2.58. The van der Waals surface area contributed by atoms with Gasteiger partial charge in [-0.25, -0.2) is 4.98 Å². The highest BCUT2D eigenvalue weighted by Gasteiger charge is 2.16. The molecule has 2 aromatic rings. The van der Waals surface area contributed by atoms with Gasteiger partial charge in [-0.2, -0.15) is 0 Å². The fraction of sp³-hybridized carbons (Fsp3) is 0.267. The Labute approximate surface area is 107 Å². The van der Waals surface area contributed by atoms with E-state index in [0.29, 0.717) is 5.82 Å². The molecule has 2 N–H and O–H groups in total. The van der Waals surface area contributed by atoms with Gasteiger partial charge < -0.3 is 10.6 Å². The van der Waals surface area contributed by atoms with Crippen molar-refractivity contribution in [2.45, 2.75) is 19.4 Å². The summed E-state index contributed by atoms with van der Waals surface area (Å²) >= 11 is 0. The molecule has 1 aliphatic rings. The maximum absolute atomic E-state index is 5.97. The van der Waals surface area contributed by atoms with E-state index < -0.39 is 0 Å².